The number of carboxylic acids is 1. The summed E-state index contributed by atoms with van der Waals surface area (Å²) < 4.78 is 36.4. The first-order chi connectivity index (χ1) is 6.29. The number of nitrogens with zero attached hydrogens (tertiary/aromatic N) is 1. The number of halogens is 3. The zero-order valence-corrected chi connectivity index (χ0v) is 8.14. The SMILES string of the molecule is CCN(C)CC[C@H](C(=O)O)C(F)(F)F. The maximum atomic E-state index is 12.1. The monoisotopic (exact) mass is 213 g/mol. The first-order valence-electron chi connectivity index (χ1n) is 4.27. The highest BCUT2D eigenvalue weighted by Crippen LogP contribution is 2.29. The smallest absolute Gasteiger partial charge is 0.402 e. The predicted molar refractivity (Wildman–Crippen MR) is 45.0 cm³/mol. The third-order valence-electron chi connectivity index (χ3n) is 2.03. The van der Waals surface area contributed by atoms with Gasteiger partial charge in [-0.3, -0.25) is 4.79 Å². The molecule has 0 aromatic rings. The molecule has 0 aliphatic carbocycles. The van der Waals surface area contributed by atoms with Crippen LogP contribution >= 0.6 is 0 Å². The molecule has 0 aliphatic heterocycles. The Morgan fingerprint density at radius 3 is 2.29 bits per heavy atom. The molecule has 1 atom stereocenters. The zero-order valence-electron chi connectivity index (χ0n) is 8.14. The van der Waals surface area contributed by atoms with Crippen molar-refractivity contribution in [2.45, 2.75) is 19.5 Å². The van der Waals surface area contributed by atoms with Crippen LogP contribution in [0.2, 0.25) is 0 Å². The van der Waals surface area contributed by atoms with Gasteiger partial charge in [0.25, 0.3) is 0 Å². The Hall–Kier alpha value is -0.780. The second-order valence-electron chi connectivity index (χ2n) is 3.12. The Kier molecular flexibility index (Phi) is 4.90. The van der Waals surface area contributed by atoms with Gasteiger partial charge in [0.15, 0.2) is 5.92 Å². The Morgan fingerprint density at radius 2 is 2.00 bits per heavy atom. The molecular formula is C8H14F3NO2. The van der Waals surface area contributed by atoms with Gasteiger partial charge in [0, 0.05) is 0 Å². The van der Waals surface area contributed by atoms with Crippen LogP contribution in [0.5, 0.6) is 0 Å². The van der Waals surface area contributed by atoms with E-state index < -0.39 is 24.5 Å². The predicted octanol–water partition coefficient (Wildman–Crippen LogP) is 1.59. The molecule has 1 N–H and O–H groups in total. The summed E-state index contributed by atoms with van der Waals surface area (Å²) in [5, 5.41) is 8.36. The van der Waals surface area contributed by atoms with Crippen LogP contribution in [-0.4, -0.2) is 42.3 Å². The summed E-state index contributed by atoms with van der Waals surface area (Å²) in [6.45, 7) is 2.53. The molecule has 0 heterocycles. The number of rotatable bonds is 5. The Balaban J connectivity index is 4.19. The minimum absolute atomic E-state index is 0.132. The van der Waals surface area contributed by atoms with E-state index in [0.29, 0.717) is 6.54 Å². The van der Waals surface area contributed by atoms with Crippen molar-refractivity contribution in [2.24, 2.45) is 5.92 Å². The van der Waals surface area contributed by atoms with E-state index in [0.717, 1.165) is 0 Å². The minimum atomic E-state index is -4.65. The van der Waals surface area contributed by atoms with Crippen molar-refractivity contribution in [2.75, 3.05) is 20.1 Å². The largest absolute Gasteiger partial charge is 0.481 e. The number of hydrogen-bond donors (Lipinski definition) is 1. The second-order valence-corrected chi connectivity index (χ2v) is 3.12. The fourth-order valence-electron chi connectivity index (χ4n) is 0.935. The Labute approximate surface area is 80.5 Å². The molecule has 0 saturated heterocycles. The molecule has 0 amide bonds. The Bertz CT molecular complexity index is 194. The van der Waals surface area contributed by atoms with Crippen molar-refractivity contribution < 1.29 is 23.1 Å². The van der Waals surface area contributed by atoms with Crippen LogP contribution < -0.4 is 0 Å². The number of aliphatic carboxylic acids is 1. The van der Waals surface area contributed by atoms with Crippen molar-refractivity contribution in [1.29, 1.82) is 0 Å². The van der Waals surface area contributed by atoms with Gasteiger partial charge >= 0.3 is 12.1 Å². The summed E-state index contributed by atoms with van der Waals surface area (Å²) >= 11 is 0. The lowest BCUT2D eigenvalue weighted by Crippen LogP contribution is -2.34. The molecule has 0 bridgehead atoms. The van der Waals surface area contributed by atoms with Gasteiger partial charge < -0.3 is 10.0 Å². The van der Waals surface area contributed by atoms with Crippen LogP contribution in [0.25, 0.3) is 0 Å². The van der Waals surface area contributed by atoms with Crippen LogP contribution in [0.1, 0.15) is 13.3 Å². The molecule has 0 unspecified atom stereocenters. The van der Waals surface area contributed by atoms with Gasteiger partial charge in [-0.15, -0.1) is 0 Å². The molecule has 14 heavy (non-hydrogen) atoms. The van der Waals surface area contributed by atoms with Crippen molar-refractivity contribution >= 4 is 5.97 Å². The molecule has 0 saturated carbocycles. The normalized spacial score (nSPS) is 14.4. The molecule has 0 radical (unpaired) electrons. The highest BCUT2D eigenvalue weighted by Gasteiger charge is 2.44. The molecule has 3 nitrogen and oxygen atoms in total. The third-order valence-corrected chi connectivity index (χ3v) is 2.03. The van der Waals surface area contributed by atoms with E-state index >= 15 is 0 Å². The van der Waals surface area contributed by atoms with Crippen LogP contribution in [0.3, 0.4) is 0 Å². The fraction of sp³-hybridized carbons (Fsp3) is 0.875. The summed E-state index contributed by atoms with van der Waals surface area (Å²) in [5.41, 5.74) is 0. The van der Waals surface area contributed by atoms with Crippen molar-refractivity contribution in [3.63, 3.8) is 0 Å². The standard InChI is InChI=1S/C8H14F3NO2/c1-3-12(2)5-4-6(7(13)14)8(9,10)11/h6H,3-5H2,1-2H3,(H,13,14)/t6-/m1/s1. The lowest BCUT2D eigenvalue weighted by Gasteiger charge is -2.19. The van der Waals surface area contributed by atoms with E-state index in [2.05, 4.69) is 0 Å². The van der Waals surface area contributed by atoms with E-state index in [4.69, 9.17) is 5.11 Å². The van der Waals surface area contributed by atoms with Gasteiger partial charge in [-0.05, 0) is 26.6 Å². The highest BCUT2D eigenvalue weighted by atomic mass is 19.4. The number of carboxylic acid groups (broad SMARTS) is 1. The van der Waals surface area contributed by atoms with Gasteiger partial charge in [0.05, 0.1) is 0 Å². The molecule has 0 rings (SSSR count). The fourth-order valence-corrected chi connectivity index (χ4v) is 0.935. The summed E-state index contributed by atoms with van der Waals surface area (Å²) in [5.74, 6) is -4.06. The van der Waals surface area contributed by atoms with Gasteiger partial charge in [0.1, 0.15) is 0 Å². The average molecular weight is 213 g/mol. The molecule has 0 aromatic carbocycles. The number of carbonyl (C=O) groups is 1. The van der Waals surface area contributed by atoms with Crippen LogP contribution in [0.15, 0.2) is 0 Å². The average Bonchev–Trinajstić information content (AvgIpc) is 2.01. The lowest BCUT2D eigenvalue weighted by molar-refractivity contribution is -0.195. The van der Waals surface area contributed by atoms with Crippen molar-refractivity contribution in [1.82, 2.24) is 4.90 Å². The van der Waals surface area contributed by atoms with Crippen molar-refractivity contribution in [3.8, 4) is 0 Å². The molecular weight excluding hydrogens is 199 g/mol. The van der Waals surface area contributed by atoms with E-state index in [-0.39, 0.29) is 6.54 Å². The van der Waals surface area contributed by atoms with Gasteiger partial charge in [-0.25, -0.2) is 0 Å². The van der Waals surface area contributed by atoms with Crippen LogP contribution in [0.4, 0.5) is 13.2 Å². The first kappa shape index (κ1) is 13.2. The summed E-state index contributed by atoms with van der Waals surface area (Å²) in [6.07, 6.45) is -5.05. The van der Waals surface area contributed by atoms with Crippen molar-refractivity contribution in [3.05, 3.63) is 0 Å². The van der Waals surface area contributed by atoms with Crippen LogP contribution in [0, 0.1) is 5.92 Å². The molecule has 0 aliphatic rings. The zero-order chi connectivity index (χ0) is 11.4. The molecule has 0 spiro atoms. The maximum Gasteiger partial charge on any atom is 0.402 e. The molecule has 0 fully saturated rings. The summed E-state index contributed by atoms with van der Waals surface area (Å²) in [7, 11) is 1.65. The number of hydrogen-bond acceptors (Lipinski definition) is 2. The lowest BCUT2D eigenvalue weighted by atomic mass is 10.1. The second kappa shape index (κ2) is 5.19. The maximum absolute atomic E-state index is 12.1. The number of alkyl halides is 3. The molecule has 84 valence electrons. The van der Waals surface area contributed by atoms with E-state index in [1.54, 1.807) is 18.9 Å². The van der Waals surface area contributed by atoms with E-state index in [1.807, 2.05) is 0 Å². The Morgan fingerprint density at radius 1 is 1.50 bits per heavy atom. The topological polar surface area (TPSA) is 40.5 Å². The third kappa shape index (κ3) is 4.45. The van der Waals surface area contributed by atoms with Gasteiger partial charge in [-0.2, -0.15) is 13.2 Å². The van der Waals surface area contributed by atoms with E-state index in [9.17, 15) is 18.0 Å². The quantitative estimate of drug-likeness (QED) is 0.754. The first-order valence-corrected chi connectivity index (χ1v) is 4.27. The summed E-state index contributed by atoms with van der Waals surface area (Å²) in [4.78, 5) is 11.9. The molecule has 6 heteroatoms. The van der Waals surface area contributed by atoms with Gasteiger partial charge in [-0.1, -0.05) is 6.92 Å². The highest BCUT2D eigenvalue weighted by molar-refractivity contribution is 5.70. The van der Waals surface area contributed by atoms with E-state index in [1.165, 1.54) is 0 Å². The van der Waals surface area contributed by atoms with Crippen LogP contribution in [-0.2, 0) is 4.79 Å². The molecule has 0 aromatic heterocycles. The summed E-state index contributed by atoms with van der Waals surface area (Å²) in [6, 6.07) is 0. The van der Waals surface area contributed by atoms with Gasteiger partial charge in [0.2, 0.25) is 0 Å². The minimum Gasteiger partial charge on any atom is -0.481 e.